The molecule has 0 aromatic heterocycles. The van der Waals surface area contributed by atoms with Crippen molar-refractivity contribution >= 4 is 22.8 Å². The van der Waals surface area contributed by atoms with Crippen LogP contribution in [0.25, 0.3) is 16.8 Å². The topological polar surface area (TPSA) is 55.8 Å². The largest absolute Gasteiger partial charge is 0.496 e. The van der Waals surface area contributed by atoms with E-state index in [4.69, 9.17) is 14.6 Å². The summed E-state index contributed by atoms with van der Waals surface area (Å²) in [6.07, 6.45) is 5.50. The Morgan fingerprint density at radius 1 is 1.13 bits per heavy atom. The zero-order valence-corrected chi connectivity index (χ0v) is 13.8. The van der Waals surface area contributed by atoms with Gasteiger partial charge in [0, 0.05) is 28.3 Å². The van der Waals surface area contributed by atoms with Crippen molar-refractivity contribution in [3.63, 3.8) is 0 Å². The molecule has 0 heterocycles. The van der Waals surface area contributed by atoms with Gasteiger partial charge in [-0.05, 0) is 19.8 Å². The number of hydrogen-bond acceptors (Lipinski definition) is 3. The van der Waals surface area contributed by atoms with Gasteiger partial charge in [-0.15, -0.1) is 0 Å². The molecule has 0 aliphatic carbocycles. The number of aliphatic carboxylic acids is 1. The van der Waals surface area contributed by atoms with E-state index >= 15 is 0 Å². The van der Waals surface area contributed by atoms with Gasteiger partial charge in [0.05, 0.1) is 14.2 Å². The molecule has 23 heavy (non-hydrogen) atoms. The number of rotatable bonds is 7. The number of hydrogen-bond donors (Lipinski definition) is 1. The van der Waals surface area contributed by atoms with E-state index in [1.54, 1.807) is 14.2 Å². The predicted molar refractivity (Wildman–Crippen MR) is 92.3 cm³/mol. The third-order valence-electron chi connectivity index (χ3n) is 3.86. The smallest absolute Gasteiger partial charge is 0.303 e. The number of fused-ring (bicyclic) bond motifs is 1. The predicted octanol–water partition coefficient (Wildman–Crippen LogP) is 4.43. The summed E-state index contributed by atoms with van der Waals surface area (Å²) in [6.45, 7) is 2.00. The fourth-order valence-electron chi connectivity index (χ4n) is 2.77. The molecule has 4 heteroatoms. The fourth-order valence-corrected chi connectivity index (χ4v) is 2.77. The summed E-state index contributed by atoms with van der Waals surface area (Å²) in [5, 5.41) is 10.7. The lowest BCUT2D eigenvalue weighted by Gasteiger charge is -2.17. The molecule has 0 saturated carbocycles. The maximum absolute atomic E-state index is 10.6. The third kappa shape index (κ3) is 3.65. The lowest BCUT2D eigenvalue weighted by Crippen LogP contribution is -1.97. The molecule has 0 fully saturated rings. The van der Waals surface area contributed by atoms with Gasteiger partial charge in [-0.2, -0.15) is 0 Å². The Hall–Kier alpha value is -2.49. The van der Waals surface area contributed by atoms with Crippen LogP contribution >= 0.6 is 0 Å². The van der Waals surface area contributed by atoms with Crippen LogP contribution in [0.2, 0.25) is 0 Å². The van der Waals surface area contributed by atoms with Crippen molar-refractivity contribution in [1.29, 1.82) is 0 Å². The van der Waals surface area contributed by atoms with Crippen molar-refractivity contribution in [3.05, 3.63) is 41.5 Å². The van der Waals surface area contributed by atoms with Crippen LogP contribution in [-0.4, -0.2) is 25.3 Å². The number of benzene rings is 2. The first-order valence-electron chi connectivity index (χ1n) is 7.61. The summed E-state index contributed by atoms with van der Waals surface area (Å²) >= 11 is 0. The minimum Gasteiger partial charge on any atom is -0.496 e. The van der Waals surface area contributed by atoms with Crippen LogP contribution in [0.3, 0.4) is 0 Å². The minimum absolute atomic E-state index is 0.182. The van der Waals surface area contributed by atoms with Crippen LogP contribution in [0, 0.1) is 6.92 Å². The average Bonchev–Trinajstić information content (AvgIpc) is 2.54. The maximum Gasteiger partial charge on any atom is 0.303 e. The standard InChI is InChI=1S/C19H22O4/c1-13-14(9-5-4-6-12-17(20)21)19(23-3)16-11-8-7-10-15(16)18(13)22-2/h5,7-11H,4,6,12H2,1-3H3,(H,20,21). The molecule has 0 radical (unpaired) electrons. The molecule has 0 spiro atoms. The van der Waals surface area contributed by atoms with Gasteiger partial charge in [0.1, 0.15) is 11.5 Å². The molecule has 0 amide bonds. The Bertz CT molecular complexity index is 732. The van der Waals surface area contributed by atoms with Gasteiger partial charge in [-0.25, -0.2) is 0 Å². The Morgan fingerprint density at radius 2 is 1.74 bits per heavy atom. The van der Waals surface area contributed by atoms with Crippen LogP contribution in [0.1, 0.15) is 30.4 Å². The number of carboxylic acids is 1. The molecule has 0 atom stereocenters. The number of allylic oxidation sites excluding steroid dienone is 1. The van der Waals surface area contributed by atoms with Gasteiger partial charge < -0.3 is 14.6 Å². The Balaban J connectivity index is 2.43. The molecule has 2 aromatic carbocycles. The highest BCUT2D eigenvalue weighted by Gasteiger charge is 2.16. The van der Waals surface area contributed by atoms with Crippen molar-refractivity contribution in [3.8, 4) is 11.5 Å². The normalized spacial score (nSPS) is 11.1. The van der Waals surface area contributed by atoms with E-state index in [0.717, 1.165) is 33.4 Å². The summed E-state index contributed by atoms with van der Waals surface area (Å²) in [6, 6.07) is 7.98. The van der Waals surface area contributed by atoms with Crippen molar-refractivity contribution in [2.45, 2.75) is 26.2 Å². The molecule has 2 aromatic rings. The van der Waals surface area contributed by atoms with Crippen LogP contribution in [-0.2, 0) is 4.79 Å². The first kappa shape index (κ1) is 16.9. The molecule has 0 unspecified atom stereocenters. The second-order valence-corrected chi connectivity index (χ2v) is 5.34. The molecule has 4 nitrogen and oxygen atoms in total. The molecular weight excluding hydrogens is 292 g/mol. The number of ether oxygens (including phenoxy) is 2. The van der Waals surface area contributed by atoms with E-state index in [2.05, 4.69) is 0 Å². The van der Waals surface area contributed by atoms with Gasteiger partial charge in [0.15, 0.2) is 0 Å². The lowest BCUT2D eigenvalue weighted by atomic mass is 9.97. The highest BCUT2D eigenvalue weighted by molar-refractivity contribution is 5.98. The minimum atomic E-state index is -0.764. The monoisotopic (exact) mass is 314 g/mol. The fraction of sp³-hybridized carbons (Fsp3) is 0.316. The van der Waals surface area contributed by atoms with Crippen molar-refractivity contribution in [1.82, 2.24) is 0 Å². The summed E-state index contributed by atoms with van der Waals surface area (Å²) in [7, 11) is 3.33. The van der Waals surface area contributed by atoms with Gasteiger partial charge >= 0.3 is 5.97 Å². The third-order valence-corrected chi connectivity index (χ3v) is 3.86. The summed E-state index contributed by atoms with van der Waals surface area (Å²) in [5.41, 5.74) is 1.98. The SMILES string of the molecule is COc1c(C)c(C=CCCCC(=O)O)c(OC)c2ccccc12. The number of unbranched alkanes of at least 4 members (excludes halogenated alkanes) is 1. The summed E-state index contributed by atoms with van der Waals surface area (Å²) in [4.78, 5) is 10.6. The van der Waals surface area contributed by atoms with E-state index < -0.39 is 5.97 Å². The first-order valence-corrected chi connectivity index (χ1v) is 7.61. The first-order chi connectivity index (χ1) is 11.1. The van der Waals surface area contributed by atoms with E-state index in [1.165, 1.54) is 0 Å². The highest BCUT2D eigenvalue weighted by atomic mass is 16.5. The molecule has 122 valence electrons. The molecular formula is C19H22O4. The number of carboxylic acid groups (broad SMARTS) is 1. The maximum atomic E-state index is 10.6. The summed E-state index contributed by atoms with van der Waals surface area (Å²) < 4.78 is 11.2. The number of methoxy groups -OCH3 is 2. The van der Waals surface area contributed by atoms with Crippen molar-refractivity contribution in [2.24, 2.45) is 0 Å². The summed E-state index contributed by atoms with van der Waals surface area (Å²) in [5.74, 6) is 0.888. The van der Waals surface area contributed by atoms with E-state index in [9.17, 15) is 4.79 Å². The quantitative estimate of drug-likeness (QED) is 0.768. The molecule has 0 saturated heterocycles. The molecule has 0 aliphatic rings. The van der Waals surface area contributed by atoms with Crippen molar-refractivity contribution in [2.75, 3.05) is 14.2 Å². The lowest BCUT2D eigenvalue weighted by molar-refractivity contribution is -0.137. The second kappa shape index (κ2) is 7.68. The van der Waals surface area contributed by atoms with Gasteiger partial charge in [-0.1, -0.05) is 36.4 Å². The van der Waals surface area contributed by atoms with E-state index in [1.807, 2.05) is 43.3 Å². The molecule has 0 aliphatic heterocycles. The van der Waals surface area contributed by atoms with Crippen LogP contribution in [0.5, 0.6) is 11.5 Å². The zero-order valence-electron chi connectivity index (χ0n) is 13.8. The van der Waals surface area contributed by atoms with E-state index in [-0.39, 0.29) is 6.42 Å². The average molecular weight is 314 g/mol. The molecule has 0 bridgehead atoms. The van der Waals surface area contributed by atoms with Gasteiger partial charge in [-0.3, -0.25) is 4.79 Å². The highest BCUT2D eigenvalue weighted by Crippen LogP contribution is 2.40. The molecule has 1 N–H and O–H groups in total. The van der Waals surface area contributed by atoms with Gasteiger partial charge in [0.25, 0.3) is 0 Å². The van der Waals surface area contributed by atoms with Crippen LogP contribution in [0.15, 0.2) is 30.3 Å². The Morgan fingerprint density at radius 3 is 2.30 bits per heavy atom. The van der Waals surface area contributed by atoms with Crippen molar-refractivity contribution < 1.29 is 19.4 Å². The second-order valence-electron chi connectivity index (χ2n) is 5.34. The van der Waals surface area contributed by atoms with E-state index in [0.29, 0.717) is 12.8 Å². The zero-order chi connectivity index (χ0) is 16.8. The van der Waals surface area contributed by atoms with Crippen LogP contribution < -0.4 is 9.47 Å². The van der Waals surface area contributed by atoms with Gasteiger partial charge in [0.2, 0.25) is 0 Å². The Kier molecular flexibility index (Phi) is 5.63. The Labute approximate surface area is 136 Å². The molecule has 2 rings (SSSR count). The van der Waals surface area contributed by atoms with Crippen LogP contribution in [0.4, 0.5) is 0 Å². The number of carbonyl (C=O) groups is 1.